The second-order valence-electron chi connectivity index (χ2n) is 5.08. The number of carbonyl (C=O) groups is 1. The van der Waals surface area contributed by atoms with Crippen LogP contribution in [0.2, 0.25) is 5.02 Å². The van der Waals surface area contributed by atoms with Crippen LogP contribution in [0.4, 0.5) is 5.69 Å². The predicted molar refractivity (Wildman–Crippen MR) is 96.8 cm³/mol. The minimum Gasteiger partial charge on any atom is -0.325 e. The molecule has 122 valence electrons. The van der Waals surface area contributed by atoms with Crippen molar-refractivity contribution in [2.75, 3.05) is 5.32 Å². The molecule has 7 heteroatoms. The number of carbonyl (C=O) groups excluding carboxylic acids is 1. The second-order valence-corrected chi connectivity index (χ2v) is 6.82. The smallest absolute Gasteiger partial charge is 0.237 e. The lowest BCUT2D eigenvalue weighted by Crippen LogP contribution is -2.22. The first-order chi connectivity index (χ1) is 11.6. The number of aromatic nitrogens is 3. The lowest BCUT2D eigenvalue weighted by atomic mass is 10.3. The Labute approximate surface area is 149 Å². The number of rotatable bonds is 5. The fourth-order valence-electron chi connectivity index (χ4n) is 2.06. The normalized spacial score (nSPS) is 11.9. The molecule has 5 nitrogen and oxygen atoms in total. The summed E-state index contributed by atoms with van der Waals surface area (Å²) in [7, 11) is 0. The zero-order chi connectivity index (χ0) is 16.9. The second kappa shape index (κ2) is 7.51. The Balaban J connectivity index is 1.69. The summed E-state index contributed by atoms with van der Waals surface area (Å²) in [5.74, 6) is -0.107. The quantitative estimate of drug-likeness (QED) is 0.699. The maximum absolute atomic E-state index is 12.3. The molecule has 3 rings (SSSR count). The van der Waals surface area contributed by atoms with Crippen LogP contribution in [0.15, 0.2) is 66.1 Å². The number of hydrogen-bond acceptors (Lipinski definition) is 4. The zero-order valence-corrected chi connectivity index (χ0v) is 14.5. The van der Waals surface area contributed by atoms with Crippen LogP contribution in [-0.2, 0) is 4.79 Å². The summed E-state index contributed by atoms with van der Waals surface area (Å²) in [5, 5.41) is 11.9. The standard InChI is InChI=1S/C17H15ClN4OS/c1-12(16(23)20-14-9-7-13(18)8-10-14)24-17-21-19-11-22(17)15-5-3-2-4-6-15/h2-12H,1H3,(H,20,23)/t12-/m0/s1. The lowest BCUT2D eigenvalue weighted by Gasteiger charge is -2.12. The van der Waals surface area contributed by atoms with E-state index < -0.39 is 0 Å². The van der Waals surface area contributed by atoms with E-state index in [4.69, 9.17) is 11.6 Å². The summed E-state index contributed by atoms with van der Waals surface area (Å²) in [6.45, 7) is 1.83. The van der Waals surface area contributed by atoms with Gasteiger partial charge in [0.25, 0.3) is 0 Å². The topological polar surface area (TPSA) is 59.8 Å². The highest BCUT2D eigenvalue weighted by atomic mass is 35.5. The summed E-state index contributed by atoms with van der Waals surface area (Å²) in [4.78, 5) is 12.3. The molecule has 0 aliphatic heterocycles. The van der Waals surface area contributed by atoms with Crippen molar-refractivity contribution in [1.82, 2.24) is 14.8 Å². The fourth-order valence-corrected chi connectivity index (χ4v) is 3.03. The van der Waals surface area contributed by atoms with Crippen molar-refractivity contribution < 1.29 is 4.79 Å². The molecule has 0 fully saturated rings. The molecule has 0 aliphatic rings. The number of amides is 1. The van der Waals surface area contributed by atoms with Gasteiger partial charge in [0.15, 0.2) is 5.16 Å². The van der Waals surface area contributed by atoms with Crippen LogP contribution in [-0.4, -0.2) is 25.9 Å². The Morgan fingerprint density at radius 3 is 2.58 bits per heavy atom. The summed E-state index contributed by atoms with van der Waals surface area (Å²) in [5.41, 5.74) is 1.66. The first kappa shape index (κ1) is 16.5. The fraction of sp³-hybridized carbons (Fsp3) is 0.118. The predicted octanol–water partition coefficient (Wildman–Crippen LogP) is 4.04. The Morgan fingerprint density at radius 1 is 1.17 bits per heavy atom. The largest absolute Gasteiger partial charge is 0.325 e. The molecule has 0 saturated carbocycles. The SMILES string of the molecule is C[C@H](Sc1nncn1-c1ccccc1)C(=O)Nc1ccc(Cl)cc1. The van der Waals surface area contributed by atoms with Gasteiger partial charge >= 0.3 is 0 Å². The van der Waals surface area contributed by atoms with Crippen molar-refractivity contribution >= 4 is 35.0 Å². The van der Waals surface area contributed by atoms with E-state index in [-0.39, 0.29) is 11.2 Å². The minimum absolute atomic E-state index is 0.107. The van der Waals surface area contributed by atoms with Crippen molar-refractivity contribution in [2.24, 2.45) is 0 Å². The van der Waals surface area contributed by atoms with Crippen molar-refractivity contribution in [1.29, 1.82) is 0 Å². The molecule has 1 amide bonds. The van der Waals surface area contributed by atoms with Gasteiger partial charge in [-0.15, -0.1) is 10.2 Å². The third-order valence-corrected chi connectivity index (χ3v) is 4.62. The summed E-state index contributed by atoms with van der Waals surface area (Å²) in [6, 6.07) is 16.8. The number of thioether (sulfide) groups is 1. The maximum atomic E-state index is 12.3. The Kier molecular flexibility index (Phi) is 5.17. The van der Waals surface area contributed by atoms with Crippen LogP contribution in [0.5, 0.6) is 0 Å². The Bertz CT molecular complexity index is 820. The van der Waals surface area contributed by atoms with Gasteiger partial charge in [0.1, 0.15) is 6.33 Å². The number of halogens is 1. The van der Waals surface area contributed by atoms with E-state index >= 15 is 0 Å². The third-order valence-electron chi connectivity index (χ3n) is 3.31. The van der Waals surface area contributed by atoms with Crippen LogP contribution in [0.25, 0.3) is 5.69 Å². The molecule has 0 bridgehead atoms. The highest BCUT2D eigenvalue weighted by molar-refractivity contribution is 8.00. The van der Waals surface area contributed by atoms with Crippen LogP contribution in [0.3, 0.4) is 0 Å². The molecule has 0 radical (unpaired) electrons. The van der Waals surface area contributed by atoms with Gasteiger partial charge in [0.05, 0.1) is 5.25 Å². The molecule has 0 aliphatic carbocycles. The molecular weight excluding hydrogens is 344 g/mol. The number of nitrogens with zero attached hydrogens (tertiary/aromatic N) is 3. The van der Waals surface area contributed by atoms with Crippen molar-refractivity contribution in [3.8, 4) is 5.69 Å². The molecule has 24 heavy (non-hydrogen) atoms. The van der Waals surface area contributed by atoms with Gasteiger partial charge in [-0.3, -0.25) is 9.36 Å². The van der Waals surface area contributed by atoms with Crippen LogP contribution in [0, 0.1) is 0 Å². The van der Waals surface area contributed by atoms with E-state index in [2.05, 4.69) is 15.5 Å². The maximum Gasteiger partial charge on any atom is 0.237 e. The summed E-state index contributed by atoms with van der Waals surface area (Å²) in [6.07, 6.45) is 1.64. The van der Waals surface area contributed by atoms with Crippen LogP contribution in [0.1, 0.15) is 6.92 Å². The zero-order valence-electron chi connectivity index (χ0n) is 12.9. The number of benzene rings is 2. The van der Waals surface area contributed by atoms with Crippen molar-refractivity contribution in [3.05, 3.63) is 65.9 Å². The first-order valence-corrected chi connectivity index (χ1v) is 8.58. The number of nitrogens with one attached hydrogen (secondary N) is 1. The third kappa shape index (κ3) is 3.96. The van der Waals surface area contributed by atoms with Crippen molar-refractivity contribution in [3.63, 3.8) is 0 Å². The van der Waals surface area contributed by atoms with Gasteiger partial charge in [0.2, 0.25) is 5.91 Å². The average Bonchev–Trinajstić information content (AvgIpc) is 3.05. The molecule has 0 unspecified atom stereocenters. The van der Waals surface area contributed by atoms with E-state index in [1.54, 1.807) is 30.6 Å². The van der Waals surface area contributed by atoms with E-state index in [1.807, 2.05) is 41.8 Å². The average molecular weight is 359 g/mol. The van der Waals surface area contributed by atoms with Gasteiger partial charge in [0, 0.05) is 16.4 Å². The van der Waals surface area contributed by atoms with Gasteiger partial charge in [-0.1, -0.05) is 41.6 Å². The summed E-state index contributed by atoms with van der Waals surface area (Å²) < 4.78 is 1.86. The van der Waals surface area contributed by atoms with Gasteiger partial charge in [-0.05, 0) is 43.3 Å². The molecular formula is C17H15ClN4OS. The molecule has 0 spiro atoms. The number of anilines is 1. The molecule has 3 aromatic rings. The van der Waals surface area contributed by atoms with E-state index in [0.717, 1.165) is 5.69 Å². The Hall–Kier alpha value is -2.31. The highest BCUT2D eigenvalue weighted by Gasteiger charge is 2.18. The lowest BCUT2D eigenvalue weighted by molar-refractivity contribution is -0.115. The monoisotopic (exact) mass is 358 g/mol. The van der Waals surface area contributed by atoms with E-state index in [1.165, 1.54) is 11.8 Å². The van der Waals surface area contributed by atoms with E-state index in [9.17, 15) is 4.79 Å². The minimum atomic E-state index is -0.327. The molecule has 1 aromatic heterocycles. The summed E-state index contributed by atoms with van der Waals surface area (Å²) >= 11 is 7.20. The van der Waals surface area contributed by atoms with Gasteiger partial charge in [-0.2, -0.15) is 0 Å². The first-order valence-electron chi connectivity index (χ1n) is 7.32. The number of hydrogen-bond donors (Lipinski definition) is 1. The van der Waals surface area contributed by atoms with E-state index in [0.29, 0.717) is 15.9 Å². The molecule has 1 N–H and O–H groups in total. The molecule has 0 saturated heterocycles. The van der Waals surface area contributed by atoms with Crippen LogP contribution < -0.4 is 5.32 Å². The molecule has 1 heterocycles. The number of para-hydroxylation sites is 1. The molecule has 2 aromatic carbocycles. The Morgan fingerprint density at radius 2 is 1.88 bits per heavy atom. The molecule has 1 atom stereocenters. The van der Waals surface area contributed by atoms with Crippen LogP contribution >= 0.6 is 23.4 Å². The highest BCUT2D eigenvalue weighted by Crippen LogP contribution is 2.25. The van der Waals surface area contributed by atoms with Gasteiger partial charge in [-0.25, -0.2) is 0 Å². The van der Waals surface area contributed by atoms with Gasteiger partial charge < -0.3 is 5.32 Å². The van der Waals surface area contributed by atoms with Crippen molar-refractivity contribution in [2.45, 2.75) is 17.3 Å².